The molecule has 5 nitrogen and oxygen atoms in total. The first kappa shape index (κ1) is 17.8. The number of hydrogen-bond donors (Lipinski definition) is 0. The summed E-state index contributed by atoms with van der Waals surface area (Å²) in [5, 5.41) is 3.68. The van der Waals surface area contributed by atoms with E-state index in [2.05, 4.69) is 32.1 Å². The highest BCUT2D eigenvalue weighted by molar-refractivity contribution is 5.48. The molecule has 8 heteroatoms. The van der Waals surface area contributed by atoms with Gasteiger partial charge in [-0.1, -0.05) is 30.3 Å². The van der Waals surface area contributed by atoms with E-state index in [1.165, 1.54) is 10.1 Å². The standard InChI is InChI=1S/C19H20F3N5/c1-13-12-16(27-18(23-13)24-17(25-27)19(20,21)22)26-10-5-8-15(9-11-26)14-6-3-2-4-7-14/h2-4,6-7,12,15H,5,8-11H2,1H3. The minimum absolute atomic E-state index is 0.0128. The van der Waals surface area contributed by atoms with Crippen molar-refractivity contribution in [3.8, 4) is 0 Å². The smallest absolute Gasteiger partial charge is 0.356 e. The molecule has 0 radical (unpaired) electrons. The third kappa shape index (κ3) is 3.61. The van der Waals surface area contributed by atoms with Crippen molar-refractivity contribution in [3.63, 3.8) is 0 Å². The minimum Gasteiger partial charge on any atom is -0.356 e. The van der Waals surface area contributed by atoms with Gasteiger partial charge in [-0.3, -0.25) is 0 Å². The number of anilines is 1. The Labute approximate surface area is 154 Å². The van der Waals surface area contributed by atoms with Gasteiger partial charge >= 0.3 is 6.18 Å². The van der Waals surface area contributed by atoms with Crippen molar-refractivity contribution >= 4 is 11.6 Å². The molecule has 0 spiro atoms. The number of nitrogens with zero attached hydrogens (tertiary/aromatic N) is 5. The number of fused-ring (bicyclic) bond motifs is 1. The molecule has 3 heterocycles. The van der Waals surface area contributed by atoms with Gasteiger partial charge in [0.2, 0.25) is 0 Å². The summed E-state index contributed by atoms with van der Waals surface area (Å²) < 4.78 is 40.3. The Morgan fingerprint density at radius 1 is 1.04 bits per heavy atom. The molecule has 1 fully saturated rings. The van der Waals surface area contributed by atoms with Crippen molar-refractivity contribution < 1.29 is 13.2 Å². The van der Waals surface area contributed by atoms with Crippen molar-refractivity contribution in [1.82, 2.24) is 19.6 Å². The third-order valence-electron chi connectivity index (χ3n) is 5.00. The van der Waals surface area contributed by atoms with Crippen LogP contribution in [0.4, 0.5) is 19.0 Å². The number of aromatic nitrogens is 4. The van der Waals surface area contributed by atoms with E-state index in [4.69, 9.17) is 0 Å². The largest absolute Gasteiger partial charge is 0.453 e. The zero-order chi connectivity index (χ0) is 19.0. The molecule has 3 aromatic rings. The first-order valence-electron chi connectivity index (χ1n) is 9.03. The molecule has 0 bridgehead atoms. The molecule has 0 saturated carbocycles. The molecule has 0 N–H and O–H groups in total. The van der Waals surface area contributed by atoms with Crippen LogP contribution in [-0.4, -0.2) is 32.7 Å². The normalized spacial score (nSPS) is 18.7. The van der Waals surface area contributed by atoms with Crippen molar-refractivity contribution in [3.05, 3.63) is 53.5 Å². The number of halogens is 3. The second kappa shape index (κ2) is 6.83. The molecule has 1 aromatic carbocycles. The van der Waals surface area contributed by atoms with Gasteiger partial charge in [0.05, 0.1) is 0 Å². The topological polar surface area (TPSA) is 46.3 Å². The second-order valence-corrected chi connectivity index (χ2v) is 6.93. The summed E-state index contributed by atoms with van der Waals surface area (Å²) in [7, 11) is 0. The Morgan fingerprint density at radius 3 is 2.56 bits per heavy atom. The van der Waals surface area contributed by atoms with Gasteiger partial charge in [0.25, 0.3) is 11.6 Å². The van der Waals surface area contributed by atoms with E-state index < -0.39 is 12.0 Å². The van der Waals surface area contributed by atoms with Crippen molar-refractivity contribution in [2.75, 3.05) is 18.0 Å². The number of rotatable bonds is 2. The van der Waals surface area contributed by atoms with Crippen LogP contribution in [0.2, 0.25) is 0 Å². The van der Waals surface area contributed by atoms with Gasteiger partial charge in [-0.15, -0.1) is 5.10 Å². The highest BCUT2D eigenvalue weighted by Crippen LogP contribution is 2.31. The molecule has 1 saturated heterocycles. The van der Waals surface area contributed by atoms with Gasteiger partial charge in [0.15, 0.2) is 0 Å². The molecule has 1 unspecified atom stereocenters. The van der Waals surface area contributed by atoms with E-state index in [1.807, 2.05) is 18.2 Å². The zero-order valence-corrected chi connectivity index (χ0v) is 14.9. The Hall–Kier alpha value is -2.64. The Bertz CT molecular complexity index is 936. The molecule has 142 valence electrons. The molecule has 1 aliphatic rings. The zero-order valence-electron chi connectivity index (χ0n) is 14.9. The van der Waals surface area contributed by atoms with E-state index in [9.17, 15) is 13.2 Å². The lowest BCUT2D eigenvalue weighted by Crippen LogP contribution is -2.27. The van der Waals surface area contributed by atoms with Crippen LogP contribution in [0.5, 0.6) is 0 Å². The molecular weight excluding hydrogens is 355 g/mol. The van der Waals surface area contributed by atoms with Gasteiger partial charge in [0, 0.05) is 24.8 Å². The second-order valence-electron chi connectivity index (χ2n) is 6.93. The summed E-state index contributed by atoms with van der Waals surface area (Å²) in [5.41, 5.74) is 1.94. The quantitative estimate of drug-likeness (QED) is 0.673. The summed E-state index contributed by atoms with van der Waals surface area (Å²) in [6.07, 6.45) is -1.63. The minimum atomic E-state index is -4.59. The molecular formula is C19H20F3N5. The summed E-state index contributed by atoms with van der Waals surface area (Å²) in [6, 6.07) is 12.2. The number of aryl methyl sites for hydroxylation is 1. The Morgan fingerprint density at radius 2 is 1.81 bits per heavy atom. The molecule has 2 aromatic heterocycles. The maximum absolute atomic E-state index is 13.0. The summed E-state index contributed by atoms with van der Waals surface area (Å²) in [5.74, 6) is -0.0923. The summed E-state index contributed by atoms with van der Waals surface area (Å²) in [6.45, 7) is 3.28. The van der Waals surface area contributed by atoms with Crippen LogP contribution >= 0.6 is 0 Å². The summed E-state index contributed by atoms with van der Waals surface area (Å²) >= 11 is 0. The first-order valence-corrected chi connectivity index (χ1v) is 9.03. The fourth-order valence-corrected chi connectivity index (χ4v) is 3.70. The predicted octanol–water partition coefficient (Wildman–Crippen LogP) is 4.23. The maximum Gasteiger partial charge on any atom is 0.453 e. The van der Waals surface area contributed by atoms with E-state index in [1.54, 1.807) is 13.0 Å². The van der Waals surface area contributed by atoms with E-state index in [-0.39, 0.29) is 5.78 Å². The van der Waals surface area contributed by atoms with Crippen molar-refractivity contribution in [2.24, 2.45) is 0 Å². The van der Waals surface area contributed by atoms with E-state index >= 15 is 0 Å². The maximum atomic E-state index is 13.0. The monoisotopic (exact) mass is 375 g/mol. The lowest BCUT2D eigenvalue weighted by atomic mass is 9.92. The summed E-state index contributed by atoms with van der Waals surface area (Å²) in [4.78, 5) is 9.79. The molecule has 27 heavy (non-hydrogen) atoms. The highest BCUT2D eigenvalue weighted by Gasteiger charge is 2.37. The Balaban J connectivity index is 1.65. The van der Waals surface area contributed by atoms with Gasteiger partial charge in [-0.05, 0) is 37.7 Å². The molecule has 0 aliphatic carbocycles. The number of alkyl halides is 3. The lowest BCUT2D eigenvalue weighted by molar-refractivity contribution is -0.144. The third-order valence-corrected chi connectivity index (χ3v) is 5.00. The first-order chi connectivity index (χ1) is 12.9. The van der Waals surface area contributed by atoms with Gasteiger partial charge in [-0.25, -0.2) is 4.98 Å². The van der Waals surface area contributed by atoms with Gasteiger partial charge in [-0.2, -0.15) is 22.7 Å². The fraction of sp³-hybridized carbons (Fsp3) is 0.421. The van der Waals surface area contributed by atoms with Crippen LogP contribution in [0.3, 0.4) is 0 Å². The highest BCUT2D eigenvalue weighted by atomic mass is 19.4. The van der Waals surface area contributed by atoms with Gasteiger partial charge < -0.3 is 4.90 Å². The van der Waals surface area contributed by atoms with Crippen LogP contribution in [0, 0.1) is 6.92 Å². The van der Waals surface area contributed by atoms with Crippen LogP contribution in [0.25, 0.3) is 5.78 Å². The Kier molecular flexibility index (Phi) is 4.49. The molecule has 1 atom stereocenters. The number of benzene rings is 1. The number of hydrogen-bond acceptors (Lipinski definition) is 4. The molecule has 1 aliphatic heterocycles. The van der Waals surface area contributed by atoms with Crippen LogP contribution < -0.4 is 4.90 Å². The van der Waals surface area contributed by atoms with Crippen LogP contribution in [0.15, 0.2) is 36.4 Å². The predicted molar refractivity (Wildman–Crippen MR) is 95.8 cm³/mol. The average molecular weight is 375 g/mol. The van der Waals surface area contributed by atoms with E-state index in [0.29, 0.717) is 17.4 Å². The lowest BCUT2D eigenvalue weighted by Gasteiger charge is -2.23. The van der Waals surface area contributed by atoms with E-state index in [0.717, 1.165) is 32.4 Å². The average Bonchev–Trinajstić information content (AvgIpc) is 2.92. The molecule has 4 rings (SSSR count). The van der Waals surface area contributed by atoms with Crippen LogP contribution in [0.1, 0.15) is 42.3 Å². The van der Waals surface area contributed by atoms with Crippen molar-refractivity contribution in [2.45, 2.75) is 38.3 Å². The van der Waals surface area contributed by atoms with Crippen molar-refractivity contribution in [1.29, 1.82) is 0 Å². The SMILES string of the molecule is Cc1cc(N2CCCC(c3ccccc3)CC2)n2nc(C(F)(F)F)nc2n1. The fourth-order valence-electron chi connectivity index (χ4n) is 3.70. The van der Waals surface area contributed by atoms with Gasteiger partial charge in [0.1, 0.15) is 5.82 Å². The molecule has 0 amide bonds. The van der Waals surface area contributed by atoms with Crippen LogP contribution in [-0.2, 0) is 6.18 Å².